The average molecular weight is 501 g/mol. The van der Waals surface area contributed by atoms with Gasteiger partial charge in [-0.3, -0.25) is 0 Å². The molecule has 0 radical (unpaired) electrons. The second-order valence-electron chi connectivity index (χ2n) is 8.61. The number of aromatic nitrogens is 6. The van der Waals surface area contributed by atoms with Gasteiger partial charge in [-0.05, 0) is 48.5 Å². The number of rotatable bonds is 3. The molecular formula is C28H16N6S2. The summed E-state index contributed by atoms with van der Waals surface area (Å²) in [5, 5.41) is 23.3. The van der Waals surface area contributed by atoms with E-state index in [-0.39, 0.29) is 0 Å². The number of hydrogen-bond donors (Lipinski definition) is 0. The first kappa shape index (κ1) is 19.9. The van der Waals surface area contributed by atoms with Gasteiger partial charge < -0.3 is 0 Å². The zero-order chi connectivity index (χ0) is 23.6. The van der Waals surface area contributed by atoms with Crippen molar-refractivity contribution >= 4 is 66.3 Å². The third-order valence-corrected chi connectivity index (χ3v) is 8.19. The van der Waals surface area contributed by atoms with Crippen LogP contribution in [-0.4, -0.2) is 29.7 Å². The van der Waals surface area contributed by atoms with Gasteiger partial charge in [0.25, 0.3) is 0 Å². The molecule has 0 saturated heterocycles. The maximum absolute atomic E-state index is 4.29. The lowest BCUT2D eigenvalue weighted by Gasteiger charge is -2.13. The zero-order valence-electron chi connectivity index (χ0n) is 18.7. The maximum Gasteiger partial charge on any atom is 0.147 e. The van der Waals surface area contributed by atoms with E-state index in [0.717, 1.165) is 43.2 Å². The van der Waals surface area contributed by atoms with Crippen LogP contribution in [-0.2, 0) is 0 Å². The van der Waals surface area contributed by atoms with E-state index < -0.39 is 0 Å². The lowest BCUT2D eigenvalue weighted by Crippen LogP contribution is -2.08. The molecule has 170 valence electrons. The molecule has 4 heterocycles. The number of fused-ring (bicyclic) bond motifs is 6. The topological polar surface area (TPSA) is 61.4 Å². The molecule has 0 aliphatic heterocycles. The molecule has 8 aromatic rings. The Morgan fingerprint density at radius 3 is 1.36 bits per heavy atom. The summed E-state index contributed by atoms with van der Waals surface area (Å²) in [6.07, 6.45) is 0. The molecule has 36 heavy (non-hydrogen) atoms. The number of hydrogen-bond acceptors (Lipinski definition) is 6. The van der Waals surface area contributed by atoms with Gasteiger partial charge in [0.1, 0.15) is 21.0 Å². The van der Waals surface area contributed by atoms with Crippen LogP contribution < -0.4 is 0 Å². The van der Waals surface area contributed by atoms with E-state index in [9.17, 15) is 0 Å². The molecule has 0 atom stereocenters. The average Bonchev–Trinajstić information content (AvgIpc) is 3.74. The summed E-state index contributed by atoms with van der Waals surface area (Å²) in [5.41, 5.74) is 10.3. The summed E-state index contributed by atoms with van der Waals surface area (Å²) in [6.45, 7) is 0. The highest BCUT2D eigenvalue weighted by atomic mass is 32.1. The normalized spacial score (nSPS) is 11.9. The quantitative estimate of drug-likeness (QED) is 0.256. The van der Waals surface area contributed by atoms with Crippen molar-refractivity contribution in [3.8, 4) is 21.1 Å². The van der Waals surface area contributed by atoms with E-state index in [1.165, 1.54) is 21.5 Å². The van der Waals surface area contributed by atoms with Crippen LogP contribution in [0.5, 0.6) is 0 Å². The summed E-state index contributed by atoms with van der Waals surface area (Å²) in [7, 11) is 0. The Balaban J connectivity index is 1.49. The summed E-state index contributed by atoms with van der Waals surface area (Å²) >= 11 is 3.11. The van der Waals surface area contributed by atoms with Gasteiger partial charge in [-0.2, -0.15) is 0 Å². The molecule has 4 aromatic carbocycles. The predicted molar refractivity (Wildman–Crippen MR) is 147 cm³/mol. The van der Waals surface area contributed by atoms with Gasteiger partial charge >= 0.3 is 0 Å². The van der Waals surface area contributed by atoms with E-state index in [1.54, 1.807) is 33.7 Å². The predicted octanol–water partition coefficient (Wildman–Crippen LogP) is 7.25. The van der Waals surface area contributed by atoms with Crippen molar-refractivity contribution in [1.82, 2.24) is 29.7 Å². The summed E-state index contributed by atoms with van der Waals surface area (Å²) < 4.78 is 4.67. The SMILES string of the molecule is c1ccc2c(c1)c1cc(-c3nncs3)ccc1n2-n1c2ccccc2c2cc(-c3nncs3)ccc21. The van der Waals surface area contributed by atoms with Gasteiger partial charge in [0.2, 0.25) is 0 Å². The minimum Gasteiger partial charge on any atom is -0.248 e. The molecule has 0 bridgehead atoms. The van der Waals surface area contributed by atoms with Crippen LogP contribution >= 0.6 is 22.7 Å². The van der Waals surface area contributed by atoms with Gasteiger partial charge in [-0.1, -0.05) is 59.1 Å². The van der Waals surface area contributed by atoms with Crippen molar-refractivity contribution in [2.45, 2.75) is 0 Å². The molecule has 0 fully saturated rings. The molecule has 6 nitrogen and oxygen atoms in total. The molecule has 8 rings (SSSR count). The third-order valence-electron chi connectivity index (χ3n) is 6.71. The van der Waals surface area contributed by atoms with Crippen molar-refractivity contribution in [3.63, 3.8) is 0 Å². The summed E-state index contributed by atoms with van der Waals surface area (Å²) in [6, 6.07) is 30.3. The Kier molecular flexibility index (Phi) is 4.16. The molecule has 4 aromatic heterocycles. The smallest absolute Gasteiger partial charge is 0.147 e. The molecule has 0 N–H and O–H groups in total. The number of nitrogens with zero attached hydrogens (tertiary/aromatic N) is 6. The number of benzene rings is 4. The Morgan fingerprint density at radius 2 is 0.917 bits per heavy atom. The van der Waals surface area contributed by atoms with Gasteiger partial charge in [0.05, 0.1) is 22.1 Å². The van der Waals surface area contributed by atoms with Crippen LogP contribution in [0.4, 0.5) is 0 Å². The van der Waals surface area contributed by atoms with Gasteiger partial charge in [0, 0.05) is 32.7 Å². The first-order chi connectivity index (χ1) is 17.9. The van der Waals surface area contributed by atoms with Crippen molar-refractivity contribution in [2.75, 3.05) is 0 Å². The van der Waals surface area contributed by atoms with Crippen LogP contribution in [0.15, 0.2) is 96.0 Å². The Labute approximate surface area is 212 Å². The van der Waals surface area contributed by atoms with Crippen LogP contribution in [0.25, 0.3) is 64.8 Å². The fraction of sp³-hybridized carbons (Fsp3) is 0. The van der Waals surface area contributed by atoms with Crippen molar-refractivity contribution in [3.05, 3.63) is 96.0 Å². The van der Waals surface area contributed by atoms with E-state index in [1.807, 2.05) is 0 Å². The van der Waals surface area contributed by atoms with Crippen LogP contribution in [0.3, 0.4) is 0 Å². The van der Waals surface area contributed by atoms with E-state index in [2.05, 4.69) is 115 Å². The monoisotopic (exact) mass is 500 g/mol. The maximum atomic E-state index is 4.29. The van der Waals surface area contributed by atoms with Crippen LogP contribution in [0.2, 0.25) is 0 Å². The van der Waals surface area contributed by atoms with E-state index in [0.29, 0.717) is 0 Å². The highest BCUT2D eigenvalue weighted by molar-refractivity contribution is 7.13. The molecule has 0 amide bonds. The van der Waals surface area contributed by atoms with Gasteiger partial charge in [0.15, 0.2) is 0 Å². The molecule has 0 unspecified atom stereocenters. The fourth-order valence-electron chi connectivity index (χ4n) is 5.20. The van der Waals surface area contributed by atoms with Crippen molar-refractivity contribution < 1.29 is 0 Å². The lowest BCUT2D eigenvalue weighted by atomic mass is 10.1. The first-order valence-corrected chi connectivity index (χ1v) is 13.2. The second-order valence-corrected chi connectivity index (χ2v) is 10.3. The summed E-state index contributed by atoms with van der Waals surface area (Å²) in [4.78, 5) is 0. The van der Waals surface area contributed by atoms with Crippen LogP contribution in [0, 0.1) is 0 Å². The fourth-order valence-corrected chi connectivity index (χ4v) is 6.30. The lowest BCUT2D eigenvalue weighted by molar-refractivity contribution is 0.775. The number of para-hydroxylation sites is 2. The third kappa shape index (κ3) is 2.76. The largest absolute Gasteiger partial charge is 0.248 e. The van der Waals surface area contributed by atoms with E-state index in [4.69, 9.17) is 0 Å². The molecular weight excluding hydrogens is 484 g/mol. The van der Waals surface area contributed by atoms with Crippen molar-refractivity contribution in [2.24, 2.45) is 0 Å². The standard InChI is InChI=1S/C28H16N6S2/c1-3-7-23-19(5-1)21-13-17(27-31-29-15-35-27)9-11-25(21)33(23)34-24-8-4-2-6-20(24)22-14-18(10-12-26(22)34)28-32-30-16-36-28/h1-16H. The molecule has 0 aliphatic carbocycles. The molecule has 8 heteroatoms. The van der Waals surface area contributed by atoms with E-state index >= 15 is 0 Å². The van der Waals surface area contributed by atoms with Gasteiger partial charge in [-0.15, -0.1) is 20.4 Å². The Bertz CT molecular complexity index is 1900. The minimum atomic E-state index is 0.926. The molecule has 0 aliphatic rings. The first-order valence-electron chi connectivity index (χ1n) is 11.5. The zero-order valence-corrected chi connectivity index (χ0v) is 20.4. The molecule has 0 spiro atoms. The summed E-state index contributed by atoms with van der Waals surface area (Å²) in [5.74, 6) is 0. The van der Waals surface area contributed by atoms with Crippen molar-refractivity contribution in [1.29, 1.82) is 0 Å². The molecule has 0 saturated carbocycles. The minimum absolute atomic E-state index is 0.926. The Hall–Kier alpha value is -4.40. The Morgan fingerprint density at radius 1 is 0.472 bits per heavy atom. The second kappa shape index (κ2) is 7.55. The van der Waals surface area contributed by atoms with Crippen LogP contribution in [0.1, 0.15) is 0 Å². The highest BCUT2D eigenvalue weighted by Crippen LogP contribution is 2.38. The highest BCUT2D eigenvalue weighted by Gasteiger charge is 2.19. The van der Waals surface area contributed by atoms with Gasteiger partial charge in [-0.25, -0.2) is 9.35 Å².